The standard InChI is InChI=1S/C17H27BN2O2S/c1-17(2,3)23-16-7-5-6-15(14(16)8-13-21)19-9-11-20(12-10-19)18(4)22/h5-7,13,22H,8-12H2,1-4H3. The Labute approximate surface area is 144 Å². The Morgan fingerprint density at radius 2 is 1.91 bits per heavy atom. The predicted octanol–water partition coefficient (Wildman–Crippen LogP) is 2.55. The van der Waals surface area contributed by atoms with Gasteiger partial charge in [-0.25, -0.2) is 0 Å². The van der Waals surface area contributed by atoms with E-state index in [0.717, 1.165) is 43.7 Å². The van der Waals surface area contributed by atoms with E-state index in [-0.39, 0.29) is 4.75 Å². The lowest BCUT2D eigenvalue weighted by Crippen LogP contribution is -2.51. The summed E-state index contributed by atoms with van der Waals surface area (Å²) in [6.07, 6.45) is 1.45. The second-order valence-corrected chi connectivity index (χ2v) is 8.86. The molecule has 1 N–H and O–H groups in total. The van der Waals surface area contributed by atoms with Crippen molar-refractivity contribution in [3.05, 3.63) is 23.8 Å². The molecule has 2 rings (SSSR count). The number of aldehydes is 1. The van der Waals surface area contributed by atoms with Crippen molar-refractivity contribution in [3.8, 4) is 0 Å². The third-order valence-corrected chi connectivity index (χ3v) is 5.21. The molecule has 1 fully saturated rings. The van der Waals surface area contributed by atoms with E-state index in [1.54, 1.807) is 0 Å². The molecule has 4 nitrogen and oxygen atoms in total. The number of carbonyl (C=O) groups is 1. The highest BCUT2D eigenvalue weighted by Gasteiger charge is 2.25. The molecule has 0 bridgehead atoms. The lowest BCUT2D eigenvalue weighted by molar-refractivity contribution is -0.107. The Balaban J connectivity index is 2.24. The number of rotatable bonds is 5. The van der Waals surface area contributed by atoms with Crippen molar-refractivity contribution >= 4 is 30.8 Å². The summed E-state index contributed by atoms with van der Waals surface area (Å²) in [6, 6.07) is 6.31. The van der Waals surface area contributed by atoms with Crippen molar-refractivity contribution in [1.29, 1.82) is 0 Å². The average Bonchev–Trinajstić information content (AvgIpc) is 2.48. The molecule has 0 saturated carbocycles. The zero-order chi connectivity index (χ0) is 17.0. The Kier molecular flexibility index (Phi) is 6.17. The highest BCUT2D eigenvalue weighted by Crippen LogP contribution is 2.38. The van der Waals surface area contributed by atoms with Crippen LogP contribution in [0.5, 0.6) is 0 Å². The van der Waals surface area contributed by atoms with Crippen LogP contribution in [0.3, 0.4) is 0 Å². The van der Waals surface area contributed by atoms with Gasteiger partial charge in [-0.15, -0.1) is 11.8 Å². The van der Waals surface area contributed by atoms with E-state index in [9.17, 15) is 9.82 Å². The van der Waals surface area contributed by atoms with Gasteiger partial charge >= 0.3 is 7.05 Å². The van der Waals surface area contributed by atoms with Crippen molar-refractivity contribution in [2.24, 2.45) is 0 Å². The second-order valence-electron chi connectivity index (χ2n) is 6.99. The van der Waals surface area contributed by atoms with Crippen LogP contribution in [0.1, 0.15) is 26.3 Å². The molecule has 23 heavy (non-hydrogen) atoms. The SMILES string of the molecule is CB(O)N1CCN(c2cccc(SC(C)(C)C)c2CC=O)CC1. The van der Waals surface area contributed by atoms with E-state index in [0.29, 0.717) is 6.42 Å². The first-order valence-corrected chi connectivity index (χ1v) is 9.05. The number of piperazine rings is 1. The molecule has 1 saturated heterocycles. The molecule has 0 aromatic heterocycles. The van der Waals surface area contributed by atoms with Gasteiger partial charge in [-0.3, -0.25) is 0 Å². The monoisotopic (exact) mass is 334 g/mol. The van der Waals surface area contributed by atoms with Gasteiger partial charge in [0.2, 0.25) is 0 Å². The first-order chi connectivity index (χ1) is 10.8. The normalized spacial score (nSPS) is 16.5. The molecule has 0 unspecified atom stereocenters. The van der Waals surface area contributed by atoms with Crippen LogP contribution in [0.25, 0.3) is 0 Å². The molecule has 6 heteroatoms. The number of anilines is 1. The number of hydrogen-bond acceptors (Lipinski definition) is 5. The summed E-state index contributed by atoms with van der Waals surface area (Å²) in [4.78, 5) is 16.8. The zero-order valence-electron chi connectivity index (χ0n) is 14.6. The highest BCUT2D eigenvalue weighted by molar-refractivity contribution is 8.00. The molecule has 0 aliphatic carbocycles. The molecule has 0 radical (unpaired) electrons. The van der Waals surface area contributed by atoms with Crippen molar-refractivity contribution in [2.75, 3.05) is 31.1 Å². The lowest BCUT2D eigenvalue weighted by atomic mass is 9.84. The Bertz CT molecular complexity index is 538. The summed E-state index contributed by atoms with van der Waals surface area (Å²) in [5, 5.41) is 9.70. The van der Waals surface area contributed by atoms with E-state index < -0.39 is 7.05 Å². The summed E-state index contributed by atoms with van der Waals surface area (Å²) >= 11 is 1.81. The highest BCUT2D eigenvalue weighted by atomic mass is 32.2. The minimum atomic E-state index is -0.394. The fourth-order valence-corrected chi connectivity index (χ4v) is 4.02. The third kappa shape index (κ3) is 5.00. The zero-order valence-corrected chi connectivity index (χ0v) is 15.4. The molecule has 1 aliphatic heterocycles. The van der Waals surface area contributed by atoms with Crippen molar-refractivity contribution in [1.82, 2.24) is 4.81 Å². The van der Waals surface area contributed by atoms with Crippen LogP contribution in [-0.2, 0) is 11.2 Å². The van der Waals surface area contributed by atoms with Gasteiger partial charge in [0.05, 0.1) is 0 Å². The third-order valence-electron chi connectivity index (χ3n) is 4.00. The van der Waals surface area contributed by atoms with Crippen molar-refractivity contribution < 1.29 is 9.82 Å². The topological polar surface area (TPSA) is 43.8 Å². The number of hydrogen-bond donors (Lipinski definition) is 1. The van der Waals surface area contributed by atoms with E-state index in [4.69, 9.17) is 0 Å². The van der Waals surface area contributed by atoms with E-state index in [1.807, 2.05) is 18.6 Å². The maximum atomic E-state index is 11.2. The van der Waals surface area contributed by atoms with Crippen LogP contribution in [0.4, 0.5) is 5.69 Å². The quantitative estimate of drug-likeness (QED) is 0.509. The van der Waals surface area contributed by atoms with Crippen molar-refractivity contribution in [3.63, 3.8) is 0 Å². The predicted molar refractivity (Wildman–Crippen MR) is 99.4 cm³/mol. The molecular weight excluding hydrogens is 307 g/mol. The van der Waals surface area contributed by atoms with Gasteiger partial charge in [0, 0.05) is 47.9 Å². The van der Waals surface area contributed by atoms with Gasteiger partial charge in [0.25, 0.3) is 0 Å². The van der Waals surface area contributed by atoms with Gasteiger partial charge in [-0.05, 0) is 24.5 Å². The summed E-state index contributed by atoms with van der Waals surface area (Å²) < 4.78 is 0.112. The van der Waals surface area contributed by atoms with Crippen LogP contribution >= 0.6 is 11.8 Å². The van der Waals surface area contributed by atoms with Gasteiger partial charge in [-0.1, -0.05) is 26.8 Å². The van der Waals surface area contributed by atoms with E-state index >= 15 is 0 Å². The fourth-order valence-electron chi connectivity index (χ4n) is 2.90. The van der Waals surface area contributed by atoms with Crippen LogP contribution in [-0.4, -0.2) is 54.1 Å². The summed E-state index contributed by atoms with van der Waals surface area (Å²) in [5.41, 5.74) is 2.30. The molecule has 1 aromatic rings. The molecule has 0 atom stereocenters. The van der Waals surface area contributed by atoms with Gasteiger partial charge in [-0.2, -0.15) is 0 Å². The minimum absolute atomic E-state index is 0.112. The Hall–Kier alpha value is -0.975. The van der Waals surface area contributed by atoms with Gasteiger partial charge < -0.3 is 19.5 Å². The Morgan fingerprint density at radius 1 is 1.26 bits per heavy atom. The van der Waals surface area contributed by atoms with E-state index in [1.165, 1.54) is 4.90 Å². The first kappa shape index (κ1) is 18.4. The summed E-state index contributed by atoms with van der Waals surface area (Å²) in [5.74, 6) is 0. The molecule has 1 aromatic carbocycles. The molecular formula is C17H27BN2O2S. The number of thioether (sulfide) groups is 1. The summed E-state index contributed by atoms with van der Waals surface area (Å²) in [6.45, 7) is 11.8. The average molecular weight is 334 g/mol. The van der Waals surface area contributed by atoms with Crippen LogP contribution < -0.4 is 4.90 Å². The first-order valence-electron chi connectivity index (χ1n) is 8.23. The summed E-state index contributed by atoms with van der Waals surface area (Å²) in [7, 11) is -0.394. The van der Waals surface area contributed by atoms with Gasteiger partial charge in [0.15, 0.2) is 0 Å². The smallest absolute Gasteiger partial charge is 0.376 e. The van der Waals surface area contributed by atoms with Crippen molar-refractivity contribution in [2.45, 2.75) is 43.7 Å². The largest absolute Gasteiger partial charge is 0.437 e. The number of carbonyl (C=O) groups excluding carboxylic acids is 1. The molecule has 0 spiro atoms. The van der Waals surface area contributed by atoms with Crippen LogP contribution in [0.2, 0.25) is 6.82 Å². The molecule has 0 amide bonds. The number of benzene rings is 1. The van der Waals surface area contributed by atoms with Crippen LogP contribution in [0.15, 0.2) is 23.1 Å². The van der Waals surface area contributed by atoms with E-state index in [2.05, 4.69) is 48.7 Å². The van der Waals surface area contributed by atoms with Crippen LogP contribution in [0, 0.1) is 0 Å². The fraction of sp³-hybridized carbons (Fsp3) is 0.588. The Morgan fingerprint density at radius 3 is 2.43 bits per heavy atom. The van der Waals surface area contributed by atoms with Gasteiger partial charge in [0.1, 0.15) is 6.29 Å². The maximum absolute atomic E-state index is 11.2. The number of nitrogens with zero attached hydrogens (tertiary/aromatic N) is 2. The minimum Gasteiger partial charge on any atom is -0.437 e. The lowest BCUT2D eigenvalue weighted by Gasteiger charge is -2.38. The molecule has 1 heterocycles. The molecule has 1 aliphatic rings. The second kappa shape index (κ2) is 7.73. The maximum Gasteiger partial charge on any atom is 0.376 e. The molecule has 126 valence electrons.